The molecule has 0 spiro atoms. The van der Waals surface area contributed by atoms with Crippen molar-refractivity contribution in [2.24, 2.45) is 0 Å². The van der Waals surface area contributed by atoms with Crippen molar-refractivity contribution in [3.05, 3.63) is 77.1 Å². The number of rotatable bonds is 8. The molecular weight excluding hydrogens is 474 g/mol. The summed E-state index contributed by atoms with van der Waals surface area (Å²) < 4.78 is 52.5. The van der Waals surface area contributed by atoms with E-state index in [1.165, 1.54) is 7.11 Å². The number of methoxy groups -OCH3 is 2. The van der Waals surface area contributed by atoms with Gasteiger partial charge in [-0.1, -0.05) is 30.3 Å². The number of aryl methyl sites for hydroxylation is 1. The second kappa shape index (κ2) is 9.65. The lowest BCUT2D eigenvalue weighted by molar-refractivity contribution is 0.407. The van der Waals surface area contributed by atoms with Gasteiger partial charge in [0.25, 0.3) is 0 Å². The Hall–Kier alpha value is -3.08. The molecule has 0 aliphatic heterocycles. The molecule has 2 aromatic carbocycles. The largest absolute Gasteiger partial charge is 0.609 e. The summed E-state index contributed by atoms with van der Waals surface area (Å²) in [5, 5.41) is -0.0556. The maximum Gasteiger partial charge on any atom is 0.338 e. The zero-order chi connectivity index (χ0) is 24.5. The van der Waals surface area contributed by atoms with Crippen LogP contribution >= 0.6 is 0 Å². The topological polar surface area (TPSA) is 106 Å². The Morgan fingerprint density at radius 2 is 1.79 bits per heavy atom. The van der Waals surface area contributed by atoms with Crippen molar-refractivity contribution in [3.63, 3.8) is 0 Å². The van der Waals surface area contributed by atoms with Gasteiger partial charge in [0.1, 0.15) is 11.5 Å². The number of pyridine rings is 1. The quantitative estimate of drug-likeness (QED) is 0.340. The van der Waals surface area contributed by atoms with Gasteiger partial charge in [-0.15, -0.1) is 0 Å². The third-order valence-electron chi connectivity index (χ3n) is 5.48. The summed E-state index contributed by atoms with van der Waals surface area (Å²) in [4.78, 5) is 8.86. The fourth-order valence-electron chi connectivity index (χ4n) is 3.81. The smallest absolute Gasteiger partial charge is 0.338 e. The Bertz CT molecular complexity index is 1440. The molecule has 4 aromatic rings. The molecule has 0 radical (unpaired) electrons. The van der Waals surface area contributed by atoms with E-state index in [0.29, 0.717) is 33.8 Å². The zero-order valence-electron chi connectivity index (χ0n) is 19.3. The van der Waals surface area contributed by atoms with Gasteiger partial charge in [-0.2, -0.15) is 8.96 Å². The van der Waals surface area contributed by atoms with Gasteiger partial charge in [-0.3, -0.25) is 4.98 Å². The molecule has 10 heteroatoms. The fraction of sp³-hybridized carbons (Fsp3) is 0.250. The van der Waals surface area contributed by atoms with E-state index in [0.717, 1.165) is 15.1 Å². The average molecular weight is 500 g/mol. The normalized spacial score (nSPS) is 12.6. The minimum absolute atomic E-state index is 0.0101. The van der Waals surface area contributed by atoms with E-state index in [4.69, 9.17) is 9.47 Å². The van der Waals surface area contributed by atoms with E-state index in [2.05, 4.69) is 9.97 Å². The van der Waals surface area contributed by atoms with Gasteiger partial charge < -0.3 is 14.0 Å². The summed E-state index contributed by atoms with van der Waals surface area (Å²) >= 11 is -1.80. The van der Waals surface area contributed by atoms with Gasteiger partial charge >= 0.3 is 5.16 Å². The highest BCUT2D eigenvalue weighted by Gasteiger charge is 2.31. The maximum atomic E-state index is 13.6. The molecular formula is C24H25N3O5S2. The minimum Gasteiger partial charge on any atom is -0.609 e. The van der Waals surface area contributed by atoms with E-state index in [1.807, 2.05) is 19.9 Å². The number of nitrogens with zero attached hydrogens (tertiary/aromatic N) is 3. The van der Waals surface area contributed by atoms with E-state index in [-0.39, 0.29) is 16.7 Å². The van der Waals surface area contributed by atoms with E-state index < -0.39 is 21.2 Å². The van der Waals surface area contributed by atoms with Gasteiger partial charge in [0.2, 0.25) is 10.0 Å². The number of hydrogen-bond acceptors (Lipinski definition) is 7. The fourth-order valence-corrected chi connectivity index (χ4v) is 7.02. The number of aromatic nitrogens is 3. The lowest BCUT2D eigenvalue weighted by Gasteiger charge is -2.15. The summed E-state index contributed by atoms with van der Waals surface area (Å²) in [6, 6.07) is 13.8. The molecule has 4 rings (SSSR count). The lowest BCUT2D eigenvalue weighted by atomic mass is 10.1. The number of fused-ring (bicyclic) bond motifs is 1. The molecule has 34 heavy (non-hydrogen) atoms. The predicted molar refractivity (Wildman–Crippen MR) is 131 cm³/mol. The van der Waals surface area contributed by atoms with Crippen molar-refractivity contribution >= 4 is 32.2 Å². The van der Waals surface area contributed by atoms with Crippen molar-refractivity contribution in [1.82, 2.24) is 13.9 Å². The van der Waals surface area contributed by atoms with Crippen LogP contribution in [0.4, 0.5) is 0 Å². The molecule has 2 heterocycles. The molecule has 1 unspecified atom stereocenters. The van der Waals surface area contributed by atoms with E-state index in [1.54, 1.807) is 55.8 Å². The first-order chi connectivity index (χ1) is 16.2. The molecule has 2 aromatic heterocycles. The van der Waals surface area contributed by atoms with Crippen LogP contribution in [0.5, 0.6) is 11.5 Å². The molecule has 0 amide bonds. The average Bonchev–Trinajstić information content (AvgIpc) is 3.21. The second-order valence-electron chi connectivity index (χ2n) is 7.79. The lowest BCUT2D eigenvalue weighted by Crippen LogP contribution is -2.22. The van der Waals surface area contributed by atoms with Crippen LogP contribution in [0, 0.1) is 13.8 Å². The Morgan fingerprint density at radius 3 is 2.47 bits per heavy atom. The molecule has 178 valence electrons. The number of benzene rings is 2. The highest BCUT2D eigenvalue weighted by Crippen LogP contribution is 2.30. The summed E-state index contributed by atoms with van der Waals surface area (Å²) in [5.41, 5.74) is 3.51. The third-order valence-corrected chi connectivity index (χ3v) is 8.44. The molecule has 0 bridgehead atoms. The van der Waals surface area contributed by atoms with Crippen LogP contribution in [0.15, 0.2) is 59.9 Å². The van der Waals surface area contributed by atoms with Gasteiger partial charge in [-0.25, -0.2) is 8.42 Å². The van der Waals surface area contributed by atoms with Crippen LogP contribution in [0.2, 0.25) is 0 Å². The van der Waals surface area contributed by atoms with Crippen LogP contribution in [0.3, 0.4) is 0 Å². The summed E-state index contributed by atoms with van der Waals surface area (Å²) in [6.45, 7) is 3.72. The molecule has 0 saturated heterocycles. The molecule has 0 N–H and O–H groups in total. The SMILES string of the molecule is COc1ccc2nc([S+]([O-])Cc3ncc(C)c(OC)c3C)n(S(=O)(=O)Cc3ccccc3)c2c1. The van der Waals surface area contributed by atoms with Crippen LogP contribution < -0.4 is 9.47 Å². The van der Waals surface area contributed by atoms with Crippen molar-refractivity contribution < 1.29 is 22.4 Å². The standard InChI is InChI=1S/C24H25N3O5S2/c1-16-13-25-21(17(2)23(16)32-4)14-33(28)24-26-20-11-10-19(31-3)12-22(20)27(24)34(29,30)15-18-8-6-5-7-9-18/h5-13H,14-15H2,1-4H3. The number of imidazole rings is 1. The van der Waals surface area contributed by atoms with Gasteiger partial charge in [0, 0.05) is 34.6 Å². The third kappa shape index (κ3) is 4.61. The van der Waals surface area contributed by atoms with Crippen LogP contribution in [0.1, 0.15) is 22.4 Å². The molecule has 0 fully saturated rings. The van der Waals surface area contributed by atoms with Crippen molar-refractivity contribution in [2.75, 3.05) is 14.2 Å². The summed E-state index contributed by atoms with van der Waals surface area (Å²) in [5.74, 6) is 0.860. The first-order valence-electron chi connectivity index (χ1n) is 10.5. The van der Waals surface area contributed by atoms with Crippen molar-refractivity contribution in [3.8, 4) is 11.5 Å². The zero-order valence-corrected chi connectivity index (χ0v) is 20.9. The minimum atomic E-state index is -3.96. The summed E-state index contributed by atoms with van der Waals surface area (Å²) in [6.07, 6.45) is 1.65. The number of ether oxygens (including phenoxy) is 2. The monoisotopic (exact) mass is 499 g/mol. The van der Waals surface area contributed by atoms with Gasteiger partial charge in [0.15, 0.2) is 5.75 Å². The van der Waals surface area contributed by atoms with Crippen LogP contribution in [0.25, 0.3) is 11.0 Å². The Balaban J connectivity index is 1.83. The second-order valence-corrected chi connectivity index (χ2v) is 11.0. The van der Waals surface area contributed by atoms with Crippen molar-refractivity contribution in [2.45, 2.75) is 30.5 Å². The predicted octanol–water partition coefficient (Wildman–Crippen LogP) is 3.75. The van der Waals surface area contributed by atoms with E-state index in [9.17, 15) is 13.0 Å². The van der Waals surface area contributed by atoms with Crippen LogP contribution in [-0.2, 0) is 32.7 Å². The molecule has 0 aliphatic rings. The van der Waals surface area contributed by atoms with E-state index >= 15 is 0 Å². The van der Waals surface area contributed by atoms with Gasteiger partial charge in [-0.05, 0) is 31.5 Å². The highest BCUT2D eigenvalue weighted by molar-refractivity contribution is 7.92. The summed E-state index contributed by atoms with van der Waals surface area (Å²) in [7, 11) is -0.892. The van der Waals surface area contributed by atoms with Crippen molar-refractivity contribution in [1.29, 1.82) is 0 Å². The first-order valence-corrected chi connectivity index (χ1v) is 13.4. The highest BCUT2D eigenvalue weighted by atomic mass is 32.2. The molecule has 1 atom stereocenters. The maximum absolute atomic E-state index is 13.6. The Morgan fingerprint density at radius 1 is 1.06 bits per heavy atom. The Kier molecular flexibility index (Phi) is 6.83. The Labute approximate surface area is 201 Å². The van der Waals surface area contributed by atoms with Gasteiger partial charge in [0.05, 0.1) is 36.7 Å². The molecule has 0 aliphatic carbocycles. The van der Waals surface area contributed by atoms with Crippen LogP contribution in [-0.4, -0.2) is 41.1 Å². The number of hydrogen-bond donors (Lipinski definition) is 0. The molecule has 0 saturated carbocycles. The molecule has 8 nitrogen and oxygen atoms in total. The first kappa shape index (κ1) is 24.1.